The lowest BCUT2D eigenvalue weighted by molar-refractivity contribution is 0.111. The van der Waals surface area contributed by atoms with Crippen LogP contribution in [-0.4, -0.2) is 15.8 Å². The average molecular weight is 203 g/mol. The predicted octanol–water partition coefficient (Wildman–Crippen LogP) is 1.30. The van der Waals surface area contributed by atoms with Gasteiger partial charge in [0, 0.05) is 7.05 Å². The van der Waals surface area contributed by atoms with E-state index in [0.717, 1.165) is 12.1 Å². The third kappa shape index (κ3) is 0.988. The first-order chi connectivity index (χ1) is 4.66. The fourth-order valence-corrected chi connectivity index (χ4v) is 1.33. The molecule has 0 fully saturated rings. The first-order valence-corrected chi connectivity index (χ1v) is 3.60. The molecule has 10 heavy (non-hydrogen) atoms. The third-order valence-electron chi connectivity index (χ3n) is 1.43. The lowest BCUT2D eigenvalue weighted by atomic mass is 10.5. The van der Waals surface area contributed by atoms with Crippen LogP contribution in [0.2, 0.25) is 0 Å². The van der Waals surface area contributed by atoms with Gasteiger partial charge in [0.25, 0.3) is 0 Å². The van der Waals surface area contributed by atoms with Crippen molar-refractivity contribution in [2.24, 2.45) is 7.05 Å². The summed E-state index contributed by atoms with van der Waals surface area (Å²) in [6.07, 6.45) is 0.782. The minimum Gasteiger partial charge on any atom is -0.328 e. The molecule has 0 saturated carbocycles. The molecule has 4 heteroatoms. The van der Waals surface area contributed by atoms with E-state index in [-0.39, 0.29) is 0 Å². The maximum absolute atomic E-state index is 10.4. The molecule has 3 nitrogen and oxygen atoms in total. The number of carbonyl (C=O) groups is 1. The Labute approximate surface area is 67.2 Å². The van der Waals surface area contributed by atoms with Gasteiger partial charge in [-0.15, -0.1) is 0 Å². The predicted molar refractivity (Wildman–Crippen MR) is 41.0 cm³/mol. The molecule has 1 aromatic rings. The van der Waals surface area contributed by atoms with Gasteiger partial charge < -0.3 is 4.57 Å². The number of aldehydes is 1. The standard InChI is InChI=1S/C6H7BrN2O/c1-4-8-6(7)5(3-10)9(4)2/h3H,1-2H3. The Kier molecular flexibility index (Phi) is 1.89. The van der Waals surface area contributed by atoms with Crippen molar-refractivity contribution in [3.8, 4) is 0 Å². The highest BCUT2D eigenvalue weighted by molar-refractivity contribution is 9.10. The molecule has 0 aliphatic rings. The smallest absolute Gasteiger partial charge is 0.169 e. The zero-order chi connectivity index (χ0) is 7.72. The Morgan fingerprint density at radius 2 is 2.30 bits per heavy atom. The highest BCUT2D eigenvalue weighted by Crippen LogP contribution is 2.13. The van der Waals surface area contributed by atoms with E-state index >= 15 is 0 Å². The van der Waals surface area contributed by atoms with E-state index in [2.05, 4.69) is 20.9 Å². The van der Waals surface area contributed by atoms with Crippen molar-refractivity contribution >= 4 is 22.2 Å². The summed E-state index contributed by atoms with van der Waals surface area (Å²) in [5.41, 5.74) is 0.581. The van der Waals surface area contributed by atoms with Gasteiger partial charge >= 0.3 is 0 Å². The van der Waals surface area contributed by atoms with E-state index < -0.39 is 0 Å². The van der Waals surface area contributed by atoms with Crippen molar-refractivity contribution in [1.82, 2.24) is 9.55 Å². The number of carbonyl (C=O) groups excluding carboxylic acids is 1. The second-order valence-electron chi connectivity index (χ2n) is 2.01. The summed E-state index contributed by atoms with van der Waals surface area (Å²) < 4.78 is 2.35. The van der Waals surface area contributed by atoms with E-state index in [1.165, 1.54) is 0 Å². The van der Waals surface area contributed by atoms with Crippen LogP contribution in [-0.2, 0) is 7.05 Å². The topological polar surface area (TPSA) is 34.9 Å². The molecule has 1 rings (SSSR count). The summed E-state index contributed by atoms with van der Waals surface area (Å²) in [6, 6.07) is 0. The second-order valence-corrected chi connectivity index (χ2v) is 2.76. The molecule has 1 aromatic heterocycles. The molecule has 0 N–H and O–H groups in total. The van der Waals surface area contributed by atoms with Gasteiger partial charge in [0.05, 0.1) is 0 Å². The maximum atomic E-state index is 10.4. The molecule has 54 valence electrons. The highest BCUT2D eigenvalue weighted by Gasteiger charge is 2.06. The molecule has 0 atom stereocenters. The molecule has 0 aliphatic carbocycles. The maximum Gasteiger partial charge on any atom is 0.169 e. The number of aryl methyl sites for hydroxylation is 1. The van der Waals surface area contributed by atoms with Gasteiger partial charge in [-0.3, -0.25) is 4.79 Å². The molecule has 0 aromatic carbocycles. The van der Waals surface area contributed by atoms with Crippen LogP contribution in [0.3, 0.4) is 0 Å². The molecule has 1 heterocycles. The number of hydrogen-bond donors (Lipinski definition) is 0. The number of aromatic nitrogens is 2. The van der Waals surface area contributed by atoms with Crippen LogP contribution in [0, 0.1) is 6.92 Å². The largest absolute Gasteiger partial charge is 0.328 e. The van der Waals surface area contributed by atoms with Gasteiger partial charge in [0.2, 0.25) is 0 Å². The number of hydrogen-bond acceptors (Lipinski definition) is 2. The summed E-state index contributed by atoms with van der Waals surface area (Å²) >= 11 is 3.16. The average Bonchev–Trinajstić information content (AvgIpc) is 2.09. The Morgan fingerprint density at radius 1 is 1.70 bits per heavy atom. The Hall–Kier alpha value is -0.640. The molecule has 0 amide bonds. The molecule has 0 unspecified atom stereocenters. The minimum atomic E-state index is 0.581. The fourth-order valence-electron chi connectivity index (χ4n) is 0.715. The van der Waals surface area contributed by atoms with Crippen molar-refractivity contribution in [2.45, 2.75) is 6.92 Å². The van der Waals surface area contributed by atoms with E-state index in [4.69, 9.17) is 0 Å². The van der Waals surface area contributed by atoms with Gasteiger partial charge in [-0.2, -0.15) is 0 Å². The summed E-state index contributed by atoms with van der Waals surface area (Å²) in [5, 5.41) is 0. The van der Waals surface area contributed by atoms with E-state index in [9.17, 15) is 4.79 Å². The Balaban J connectivity index is 3.33. The van der Waals surface area contributed by atoms with Gasteiger partial charge in [0.15, 0.2) is 6.29 Å². The molecule has 0 saturated heterocycles. The van der Waals surface area contributed by atoms with Crippen LogP contribution in [0.15, 0.2) is 4.60 Å². The first kappa shape index (κ1) is 7.47. The van der Waals surface area contributed by atoms with Crippen LogP contribution in [0.4, 0.5) is 0 Å². The van der Waals surface area contributed by atoms with Crippen molar-refractivity contribution in [3.63, 3.8) is 0 Å². The van der Waals surface area contributed by atoms with Crippen molar-refractivity contribution in [1.29, 1.82) is 0 Å². The molecular weight excluding hydrogens is 196 g/mol. The van der Waals surface area contributed by atoms with Crippen LogP contribution in [0.5, 0.6) is 0 Å². The SMILES string of the molecule is Cc1nc(Br)c(C=O)n1C. The van der Waals surface area contributed by atoms with Crippen LogP contribution < -0.4 is 0 Å². The lowest BCUT2D eigenvalue weighted by Gasteiger charge is -1.93. The normalized spacial score (nSPS) is 9.90. The fraction of sp³-hybridized carbons (Fsp3) is 0.333. The van der Waals surface area contributed by atoms with Crippen LogP contribution in [0.1, 0.15) is 16.3 Å². The zero-order valence-electron chi connectivity index (χ0n) is 5.76. The monoisotopic (exact) mass is 202 g/mol. The molecule has 0 bridgehead atoms. The summed E-state index contributed by atoms with van der Waals surface area (Å²) in [5.74, 6) is 0.828. The van der Waals surface area contributed by atoms with Crippen molar-refractivity contribution < 1.29 is 4.79 Å². The number of nitrogens with zero attached hydrogens (tertiary/aromatic N) is 2. The van der Waals surface area contributed by atoms with E-state index in [0.29, 0.717) is 10.3 Å². The molecular formula is C6H7BrN2O. The summed E-state index contributed by atoms with van der Waals surface area (Å²) in [4.78, 5) is 14.4. The minimum absolute atomic E-state index is 0.581. The summed E-state index contributed by atoms with van der Waals surface area (Å²) in [6.45, 7) is 1.84. The van der Waals surface area contributed by atoms with Gasteiger partial charge in [-0.1, -0.05) is 0 Å². The number of rotatable bonds is 1. The van der Waals surface area contributed by atoms with Crippen LogP contribution in [0.25, 0.3) is 0 Å². The molecule has 0 spiro atoms. The lowest BCUT2D eigenvalue weighted by Crippen LogP contribution is -1.96. The Bertz CT molecular complexity index is 267. The first-order valence-electron chi connectivity index (χ1n) is 2.81. The zero-order valence-corrected chi connectivity index (χ0v) is 7.34. The van der Waals surface area contributed by atoms with Crippen molar-refractivity contribution in [2.75, 3.05) is 0 Å². The number of imidazole rings is 1. The summed E-state index contributed by atoms with van der Waals surface area (Å²) in [7, 11) is 1.80. The van der Waals surface area contributed by atoms with E-state index in [1.807, 2.05) is 6.92 Å². The number of halogens is 1. The molecule has 0 aliphatic heterocycles. The molecule has 0 radical (unpaired) electrons. The van der Waals surface area contributed by atoms with Crippen LogP contribution >= 0.6 is 15.9 Å². The van der Waals surface area contributed by atoms with Gasteiger partial charge in [-0.05, 0) is 22.9 Å². The van der Waals surface area contributed by atoms with Gasteiger partial charge in [-0.25, -0.2) is 4.98 Å². The highest BCUT2D eigenvalue weighted by atomic mass is 79.9. The van der Waals surface area contributed by atoms with Crippen molar-refractivity contribution in [3.05, 3.63) is 16.1 Å². The van der Waals surface area contributed by atoms with Gasteiger partial charge in [0.1, 0.15) is 16.1 Å². The quantitative estimate of drug-likeness (QED) is 0.644. The second kappa shape index (κ2) is 2.54. The van der Waals surface area contributed by atoms with E-state index in [1.54, 1.807) is 11.6 Å². The Morgan fingerprint density at radius 3 is 2.50 bits per heavy atom. The third-order valence-corrected chi connectivity index (χ3v) is 2.01.